The fraction of sp³-hybridized carbons (Fsp3) is 0.467. The number of nitrogens with zero attached hydrogens (tertiary/aromatic N) is 2. The summed E-state index contributed by atoms with van der Waals surface area (Å²) in [6.45, 7) is 5.22. The highest BCUT2D eigenvalue weighted by Crippen LogP contribution is 2.09. The van der Waals surface area contributed by atoms with E-state index < -0.39 is 0 Å². The van der Waals surface area contributed by atoms with Gasteiger partial charge < -0.3 is 9.64 Å². The third-order valence-corrected chi connectivity index (χ3v) is 2.54. The third kappa shape index (κ3) is 5.91. The van der Waals surface area contributed by atoms with E-state index in [1.807, 2.05) is 44.2 Å². The van der Waals surface area contributed by atoms with Crippen LogP contribution in [-0.4, -0.2) is 30.5 Å². The lowest BCUT2D eigenvalue weighted by Gasteiger charge is -2.23. The lowest BCUT2D eigenvalue weighted by Crippen LogP contribution is -2.38. The summed E-state index contributed by atoms with van der Waals surface area (Å²) in [5.41, 5.74) is 0. The first-order valence-electron chi connectivity index (χ1n) is 6.46. The normalized spacial score (nSPS) is 10.0. The van der Waals surface area contributed by atoms with Gasteiger partial charge in [0, 0.05) is 13.1 Å². The van der Waals surface area contributed by atoms with Crippen LogP contribution in [0.2, 0.25) is 0 Å². The number of ether oxygens (including phenoxy) is 1. The van der Waals surface area contributed by atoms with Gasteiger partial charge in [0.2, 0.25) is 0 Å². The van der Waals surface area contributed by atoms with Crippen molar-refractivity contribution in [3.05, 3.63) is 30.3 Å². The van der Waals surface area contributed by atoms with E-state index in [4.69, 9.17) is 10.00 Å². The standard InChI is InChI=1S/C15H20N2O2/c1-13(2)11-17(10-6-9-16)15(18)12-19-14-7-4-3-5-8-14/h3-5,7-8,13H,6,10-12H2,1-2H3. The van der Waals surface area contributed by atoms with Crippen LogP contribution >= 0.6 is 0 Å². The topological polar surface area (TPSA) is 53.3 Å². The predicted octanol–water partition coefficient (Wildman–Crippen LogP) is 2.46. The Labute approximate surface area is 114 Å². The van der Waals surface area contributed by atoms with Crippen molar-refractivity contribution < 1.29 is 9.53 Å². The lowest BCUT2D eigenvalue weighted by atomic mass is 10.2. The lowest BCUT2D eigenvalue weighted by molar-refractivity contribution is -0.133. The molecule has 0 heterocycles. The smallest absolute Gasteiger partial charge is 0.260 e. The van der Waals surface area contributed by atoms with E-state index in [9.17, 15) is 4.79 Å². The average Bonchev–Trinajstić information content (AvgIpc) is 2.41. The molecule has 0 aliphatic rings. The van der Waals surface area contributed by atoms with E-state index in [2.05, 4.69) is 6.07 Å². The van der Waals surface area contributed by atoms with Gasteiger partial charge in [0.05, 0.1) is 12.5 Å². The van der Waals surface area contributed by atoms with E-state index in [1.54, 1.807) is 4.90 Å². The van der Waals surface area contributed by atoms with Crippen LogP contribution in [0.15, 0.2) is 30.3 Å². The van der Waals surface area contributed by atoms with Crippen molar-refractivity contribution >= 4 is 5.91 Å². The Bertz CT molecular complexity index is 424. The fourth-order valence-corrected chi connectivity index (χ4v) is 1.70. The van der Waals surface area contributed by atoms with Gasteiger partial charge in [0.15, 0.2) is 6.61 Å². The predicted molar refractivity (Wildman–Crippen MR) is 73.6 cm³/mol. The first kappa shape index (κ1) is 15.0. The molecule has 1 amide bonds. The van der Waals surface area contributed by atoms with Crippen molar-refractivity contribution in [2.75, 3.05) is 19.7 Å². The molecule has 102 valence electrons. The van der Waals surface area contributed by atoms with Crippen LogP contribution in [0.3, 0.4) is 0 Å². The number of nitriles is 1. The maximum atomic E-state index is 12.0. The highest BCUT2D eigenvalue weighted by atomic mass is 16.5. The van der Waals surface area contributed by atoms with Gasteiger partial charge in [-0.2, -0.15) is 5.26 Å². The third-order valence-electron chi connectivity index (χ3n) is 2.54. The van der Waals surface area contributed by atoms with Gasteiger partial charge in [0.25, 0.3) is 5.91 Å². The summed E-state index contributed by atoms with van der Waals surface area (Å²) in [5, 5.41) is 8.62. The molecule has 0 saturated heterocycles. The molecule has 0 aromatic heterocycles. The number of benzene rings is 1. The molecule has 0 bridgehead atoms. The van der Waals surface area contributed by atoms with Gasteiger partial charge in [-0.05, 0) is 18.1 Å². The number of hydrogen-bond acceptors (Lipinski definition) is 3. The first-order valence-corrected chi connectivity index (χ1v) is 6.46. The summed E-state index contributed by atoms with van der Waals surface area (Å²) in [7, 11) is 0. The number of carbonyl (C=O) groups is 1. The van der Waals surface area contributed by atoms with Crippen molar-refractivity contribution in [1.29, 1.82) is 5.26 Å². The van der Waals surface area contributed by atoms with Crippen LogP contribution in [0.5, 0.6) is 5.75 Å². The van der Waals surface area contributed by atoms with Crippen molar-refractivity contribution in [3.63, 3.8) is 0 Å². The second-order valence-electron chi connectivity index (χ2n) is 4.74. The molecule has 1 aromatic carbocycles. The highest BCUT2D eigenvalue weighted by molar-refractivity contribution is 5.77. The fourth-order valence-electron chi connectivity index (χ4n) is 1.70. The molecule has 0 aliphatic heterocycles. The zero-order valence-electron chi connectivity index (χ0n) is 11.5. The van der Waals surface area contributed by atoms with Crippen LogP contribution in [0.1, 0.15) is 20.3 Å². The van der Waals surface area contributed by atoms with Crippen LogP contribution in [0, 0.1) is 17.2 Å². The van der Waals surface area contributed by atoms with Gasteiger partial charge in [-0.15, -0.1) is 0 Å². The second-order valence-corrected chi connectivity index (χ2v) is 4.74. The van der Waals surface area contributed by atoms with Crippen LogP contribution in [0.4, 0.5) is 0 Å². The molecular formula is C15H20N2O2. The molecule has 0 saturated carbocycles. The largest absolute Gasteiger partial charge is 0.484 e. The van der Waals surface area contributed by atoms with E-state index >= 15 is 0 Å². The van der Waals surface area contributed by atoms with Crippen molar-refractivity contribution in [2.45, 2.75) is 20.3 Å². The Morgan fingerprint density at radius 1 is 1.37 bits per heavy atom. The molecule has 1 aromatic rings. The Balaban J connectivity index is 2.49. The zero-order chi connectivity index (χ0) is 14.1. The van der Waals surface area contributed by atoms with Gasteiger partial charge in [-0.3, -0.25) is 4.79 Å². The molecule has 0 unspecified atom stereocenters. The number of carbonyl (C=O) groups excluding carboxylic acids is 1. The minimum atomic E-state index is -0.0761. The first-order chi connectivity index (χ1) is 9.13. The summed E-state index contributed by atoms with van der Waals surface area (Å²) in [6, 6.07) is 11.3. The molecular weight excluding hydrogens is 240 g/mol. The second kappa shape index (κ2) is 8.15. The maximum absolute atomic E-state index is 12.0. The van der Waals surface area contributed by atoms with Crippen molar-refractivity contribution in [1.82, 2.24) is 4.90 Å². The minimum Gasteiger partial charge on any atom is -0.484 e. The van der Waals surface area contributed by atoms with Gasteiger partial charge in [-0.1, -0.05) is 32.0 Å². The molecule has 4 heteroatoms. The molecule has 0 atom stereocenters. The Morgan fingerprint density at radius 2 is 2.05 bits per heavy atom. The Hall–Kier alpha value is -2.02. The van der Waals surface area contributed by atoms with Crippen LogP contribution in [0.25, 0.3) is 0 Å². The van der Waals surface area contributed by atoms with E-state index in [0.717, 1.165) is 0 Å². The Morgan fingerprint density at radius 3 is 2.63 bits per heavy atom. The van der Waals surface area contributed by atoms with Crippen molar-refractivity contribution in [3.8, 4) is 11.8 Å². The summed E-state index contributed by atoms with van der Waals surface area (Å²) >= 11 is 0. The molecule has 0 aliphatic carbocycles. The summed E-state index contributed by atoms with van der Waals surface area (Å²) < 4.78 is 5.44. The molecule has 19 heavy (non-hydrogen) atoms. The molecule has 0 N–H and O–H groups in total. The van der Waals surface area contributed by atoms with Crippen LogP contribution < -0.4 is 4.74 Å². The minimum absolute atomic E-state index is 0.0160. The van der Waals surface area contributed by atoms with Crippen molar-refractivity contribution in [2.24, 2.45) is 5.92 Å². The summed E-state index contributed by atoms with van der Waals surface area (Å²) in [6.07, 6.45) is 0.351. The quantitative estimate of drug-likeness (QED) is 0.756. The zero-order valence-corrected chi connectivity index (χ0v) is 11.5. The van der Waals surface area contributed by atoms with Gasteiger partial charge in [0.1, 0.15) is 5.75 Å². The SMILES string of the molecule is CC(C)CN(CCC#N)C(=O)COc1ccccc1. The number of amides is 1. The molecule has 0 spiro atoms. The van der Waals surface area contributed by atoms with E-state index in [-0.39, 0.29) is 12.5 Å². The van der Waals surface area contributed by atoms with E-state index in [1.165, 1.54) is 0 Å². The molecule has 0 radical (unpaired) electrons. The summed E-state index contributed by atoms with van der Waals surface area (Å²) in [5.74, 6) is 0.979. The highest BCUT2D eigenvalue weighted by Gasteiger charge is 2.15. The average molecular weight is 260 g/mol. The van der Waals surface area contributed by atoms with Gasteiger partial charge in [-0.25, -0.2) is 0 Å². The number of hydrogen-bond donors (Lipinski definition) is 0. The van der Waals surface area contributed by atoms with Gasteiger partial charge >= 0.3 is 0 Å². The molecule has 0 fully saturated rings. The van der Waals surface area contributed by atoms with Crippen LogP contribution in [-0.2, 0) is 4.79 Å². The monoisotopic (exact) mass is 260 g/mol. The Kier molecular flexibility index (Phi) is 6.45. The number of para-hydroxylation sites is 1. The summed E-state index contributed by atoms with van der Waals surface area (Å²) in [4.78, 5) is 13.7. The molecule has 4 nitrogen and oxygen atoms in total. The number of rotatable bonds is 7. The molecule has 1 rings (SSSR count). The maximum Gasteiger partial charge on any atom is 0.260 e. The van der Waals surface area contributed by atoms with E-state index in [0.29, 0.717) is 31.2 Å².